The molecule has 0 bridgehead atoms. The summed E-state index contributed by atoms with van der Waals surface area (Å²) in [7, 11) is 0. The van der Waals surface area contributed by atoms with Gasteiger partial charge in [0.05, 0.1) is 0 Å². The van der Waals surface area contributed by atoms with Gasteiger partial charge in [-0.3, -0.25) is 0 Å². The van der Waals surface area contributed by atoms with Gasteiger partial charge < -0.3 is 89.1 Å². The Kier molecular flexibility index (Phi) is 59.6. The number of allylic oxidation sites excluding steroid dienone is 1. The molecule has 0 nitrogen and oxygen atoms in total. The summed E-state index contributed by atoms with van der Waals surface area (Å²) in [6, 6.07) is 8.88. The number of hydrogen-bond acceptors (Lipinski definition) is 0. The molecular weight excluding hydrogens is 1420 g/mol. The van der Waals surface area contributed by atoms with Gasteiger partial charge in [0, 0.05) is 0 Å². The van der Waals surface area contributed by atoms with E-state index in [-0.39, 0.29) is 167 Å². The van der Waals surface area contributed by atoms with Crippen molar-refractivity contribution in [3.63, 3.8) is 0 Å². The van der Waals surface area contributed by atoms with E-state index in [1.807, 2.05) is 0 Å². The summed E-state index contributed by atoms with van der Waals surface area (Å²) >= 11 is 0. The number of rotatable bonds is 5. The zero-order valence-corrected chi connectivity index (χ0v) is 71.0. The Morgan fingerprint density at radius 2 is 0.869 bits per heavy atom. The zero-order valence-electron chi connectivity index (χ0n) is 61.3. The van der Waals surface area contributed by atoms with Crippen LogP contribution >= 0.6 is 0 Å². The van der Waals surface area contributed by atoms with E-state index in [4.69, 9.17) is 0 Å². The molecule has 84 heavy (non-hydrogen) atoms. The fourth-order valence-electron chi connectivity index (χ4n) is 20.0. The average Bonchev–Trinajstić information content (AvgIpc) is 4.25. The van der Waals surface area contributed by atoms with Crippen molar-refractivity contribution in [1.29, 1.82) is 0 Å². The van der Waals surface area contributed by atoms with Gasteiger partial charge in [-0.15, -0.1) is 0 Å². The molecule has 21 unspecified atom stereocenters. The monoisotopic (exact) mass is 1570 g/mol. The number of benzene rings is 1. The molecule has 0 saturated heterocycles. The number of hydrogen-bond donors (Lipinski definition) is 0. The Morgan fingerprint density at radius 3 is 1.42 bits per heavy atom. The molecule has 0 N–H and O–H groups in total. The molecular formula is C81H152Hf2Zr. The van der Waals surface area contributed by atoms with E-state index in [0.29, 0.717) is 0 Å². The first-order valence-electron chi connectivity index (χ1n) is 32.1. The second kappa shape index (κ2) is 49.2. The maximum Gasteiger partial charge on any atom is 4.00 e. The molecule has 0 aliphatic heterocycles. The van der Waals surface area contributed by atoms with E-state index in [2.05, 4.69) is 113 Å². The SMILES string of the molecule is CC1C(C)C(C)C(CC2CCC3C4CCCCC4CCC23)C1C.CC1CC(C)C(C)C1C.CC1CCC2C=Cc3ccccc3C12.CC1CCC2CCC3CCCCC3C12.CCCCC1CCCC1.[CH3-].[CH3-].[CH3-].[CH3-].[CH3-].[CH3-].[CH3-].[CH3-].[CH3-].[CH3-].[CH3-].[CH3-].[Hf+4].[Hf+4].[Zr+4]. The van der Waals surface area contributed by atoms with Crippen LogP contribution < -0.4 is 0 Å². The maximum atomic E-state index is 2.57. The van der Waals surface area contributed by atoms with E-state index in [0.717, 1.165) is 136 Å². The van der Waals surface area contributed by atoms with Crippen molar-refractivity contribution < 1.29 is 77.9 Å². The van der Waals surface area contributed by atoms with Crippen molar-refractivity contribution in [1.82, 2.24) is 0 Å². The Bertz CT molecular complexity index is 1670. The molecule has 0 aromatic heterocycles. The Hall–Kier alpha value is 1.58. The molecule has 12 rings (SSSR count). The molecule has 1 aromatic rings. The zero-order chi connectivity index (χ0) is 48.8. The quantitative estimate of drug-likeness (QED) is 0.204. The second-order valence-corrected chi connectivity index (χ2v) is 28.4. The molecule has 10 fully saturated rings. The summed E-state index contributed by atoms with van der Waals surface area (Å²) in [5.74, 6) is 23.6. The van der Waals surface area contributed by atoms with Crippen molar-refractivity contribution in [3.8, 4) is 0 Å². The van der Waals surface area contributed by atoms with Crippen LogP contribution in [-0.2, 0) is 77.9 Å². The van der Waals surface area contributed by atoms with Crippen LogP contribution in [0.2, 0.25) is 0 Å². The summed E-state index contributed by atoms with van der Waals surface area (Å²) in [5, 5.41) is 0. The van der Waals surface area contributed by atoms with Crippen LogP contribution in [0.1, 0.15) is 267 Å². The number of unbranched alkanes of at least 4 members (excludes halogenated alkanes) is 1. The van der Waals surface area contributed by atoms with Crippen molar-refractivity contribution >= 4 is 6.08 Å². The van der Waals surface area contributed by atoms with Crippen LogP contribution in [0.4, 0.5) is 0 Å². The van der Waals surface area contributed by atoms with Crippen LogP contribution in [0.3, 0.4) is 0 Å². The smallest absolute Gasteiger partial charge is 0.358 e. The molecule has 0 radical (unpaired) electrons. The molecule has 21 atom stereocenters. The molecule has 0 amide bonds. The largest absolute Gasteiger partial charge is 4.00 e. The van der Waals surface area contributed by atoms with Gasteiger partial charge in [0.25, 0.3) is 0 Å². The van der Waals surface area contributed by atoms with Gasteiger partial charge in [0.2, 0.25) is 0 Å². The van der Waals surface area contributed by atoms with Crippen LogP contribution in [-0.4, -0.2) is 0 Å². The van der Waals surface area contributed by atoms with Crippen molar-refractivity contribution in [2.45, 2.75) is 255 Å². The Morgan fingerprint density at radius 1 is 0.405 bits per heavy atom. The standard InChI is InChI=1S/C23H40.C14H24.C14H16.2C9H18.12CH3.2Hf.Zr/c1-14-15(2)17(4)23(16(14)3)13-19-10-12-22-20-8-6-5-7-18(20)9-11-21(19)22;2*1-10-6-7-12-9-8-11-4-2-3-5-13(11)14(10)12;1-6-5-7(2)9(4)8(6)3;1-2-3-6-9-7-4-5-8-9;;;;;;;;;;;;;;;/h14-23H,5-13H2,1-4H3;10-14H,2-9H2,1H3;2-5,8-10,12,14H,6-7H2,1H3;6-9H,5H2,1-4H3;9H,2-8H2,1H3;12*1H3;;;/q;;;;;12*-1;3*+4. The normalized spacial score (nSPS) is 37.7. The summed E-state index contributed by atoms with van der Waals surface area (Å²) in [5.41, 5.74) is 3.03. The van der Waals surface area contributed by atoms with Gasteiger partial charge in [0.1, 0.15) is 0 Å². The van der Waals surface area contributed by atoms with Gasteiger partial charge in [-0.2, -0.15) is 0 Å². The minimum atomic E-state index is 0. The van der Waals surface area contributed by atoms with Crippen molar-refractivity contribution in [2.24, 2.45) is 130 Å². The van der Waals surface area contributed by atoms with E-state index in [1.54, 1.807) is 95.5 Å². The summed E-state index contributed by atoms with van der Waals surface area (Å²) in [6.45, 7) is 26.9. The van der Waals surface area contributed by atoms with Gasteiger partial charge in [-0.25, -0.2) is 0 Å². The van der Waals surface area contributed by atoms with Crippen LogP contribution in [0.5, 0.6) is 0 Å². The molecule has 3 heteroatoms. The molecule has 0 spiro atoms. The van der Waals surface area contributed by atoms with E-state index in [1.165, 1.54) is 89.0 Å². The fraction of sp³-hybridized carbons (Fsp3) is 0.753. The summed E-state index contributed by atoms with van der Waals surface area (Å²) < 4.78 is 0. The summed E-state index contributed by atoms with van der Waals surface area (Å²) in [6.07, 6.45) is 46.1. The second-order valence-electron chi connectivity index (χ2n) is 28.4. The molecule has 488 valence electrons. The van der Waals surface area contributed by atoms with Gasteiger partial charge in [-0.1, -0.05) is 202 Å². The molecule has 1 aromatic carbocycles. The molecule has 11 aliphatic carbocycles. The fourth-order valence-corrected chi connectivity index (χ4v) is 20.0. The molecule has 10 saturated carbocycles. The van der Waals surface area contributed by atoms with Crippen LogP contribution in [0, 0.1) is 219 Å². The summed E-state index contributed by atoms with van der Waals surface area (Å²) in [4.78, 5) is 0. The van der Waals surface area contributed by atoms with Gasteiger partial charge >= 0.3 is 77.9 Å². The van der Waals surface area contributed by atoms with E-state index in [9.17, 15) is 0 Å². The Balaban J connectivity index is -0.000000142. The maximum absolute atomic E-state index is 2.57. The van der Waals surface area contributed by atoms with E-state index < -0.39 is 0 Å². The minimum absolute atomic E-state index is 0. The van der Waals surface area contributed by atoms with Crippen LogP contribution in [0.25, 0.3) is 6.08 Å². The topological polar surface area (TPSA) is 0 Å². The third-order valence-electron chi connectivity index (χ3n) is 25.1. The van der Waals surface area contributed by atoms with E-state index >= 15 is 0 Å². The molecule has 0 heterocycles. The Labute approximate surface area is 594 Å². The first-order chi connectivity index (χ1) is 33.4. The first kappa shape index (κ1) is 102. The average molecular weight is 1570 g/mol. The van der Waals surface area contributed by atoms with Gasteiger partial charge in [0.15, 0.2) is 0 Å². The third kappa shape index (κ3) is 24.8. The van der Waals surface area contributed by atoms with Crippen LogP contribution in [0.15, 0.2) is 30.3 Å². The van der Waals surface area contributed by atoms with Crippen molar-refractivity contribution in [2.75, 3.05) is 0 Å². The number of fused-ring (bicyclic) bond motifs is 9. The third-order valence-corrected chi connectivity index (χ3v) is 25.1. The minimum Gasteiger partial charge on any atom is -0.358 e. The van der Waals surface area contributed by atoms with Crippen molar-refractivity contribution in [3.05, 3.63) is 131 Å². The van der Waals surface area contributed by atoms with Gasteiger partial charge in [-0.05, 0) is 231 Å². The predicted molar refractivity (Wildman–Crippen MR) is 379 cm³/mol. The predicted octanol–water partition coefficient (Wildman–Crippen LogP) is 26.6. The first-order valence-corrected chi connectivity index (χ1v) is 32.1. The molecule has 11 aliphatic rings.